The number of rotatable bonds is 5. The van der Waals surface area contributed by atoms with Crippen LogP contribution in [-0.4, -0.2) is 21.0 Å². The number of benzene rings is 1. The summed E-state index contributed by atoms with van der Waals surface area (Å²) < 4.78 is 13.5. The molecule has 6 rings (SSSR count). The number of carbonyl (C=O) groups is 1. The Bertz CT molecular complexity index is 853. The van der Waals surface area contributed by atoms with E-state index in [1.807, 2.05) is 0 Å². The Morgan fingerprint density at radius 3 is 2.44 bits per heavy atom. The van der Waals surface area contributed by atoms with Crippen LogP contribution >= 0.6 is 0 Å². The van der Waals surface area contributed by atoms with Gasteiger partial charge in [0, 0.05) is 11.3 Å². The number of aromatic nitrogens is 2. The Morgan fingerprint density at radius 1 is 1.19 bits per heavy atom. The number of imidazole rings is 1. The zero-order valence-electron chi connectivity index (χ0n) is 15.4. The molecule has 4 fully saturated rings. The van der Waals surface area contributed by atoms with Crippen LogP contribution in [-0.2, 0) is 6.42 Å². The minimum atomic E-state index is -1.02. The number of carboxylic acids is 1. The SMILES string of the molecule is O=C(O)c1nc(-c2cccc(F)c2)[nH]c1CCC12CC3CC(CC(C3)C1)C2. The fourth-order valence-electron chi connectivity index (χ4n) is 6.53. The van der Waals surface area contributed by atoms with Gasteiger partial charge in [0.2, 0.25) is 0 Å². The van der Waals surface area contributed by atoms with Gasteiger partial charge >= 0.3 is 5.97 Å². The lowest BCUT2D eigenvalue weighted by atomic mass is 9.48. The Balaban J connectivity index is 1.39. The molecule has 0 amide bonds. The fourth-order valence-corrected chi connectivity index (χ4v) is 6.53. The van der Waals surface area contributed by atoms with E-state index in [2.05, 4.69) is 9.97 Å². The summed E-state index contributed by atoms with van der Waals surface area (Å²) in [4.78, 5) is 19.1. The van der Waals surface area contributed by atoms with Crippen molar-refractivity contribution < 1.29 is 14.3 Å². The van der Waals surface area contributed by atoms with Crippen LogP contribution in [0.2, 0.25) is 0 Å². The summed E-state index contributed by atoms with van der Waals surface area (Å²) in [5.74, 6) is 1.73. The molecule has 4 aliphatic rings. The van der Waals surface area contributed by atoms with Crippen molar-refractivity contribution in [2.24, 2.45) is 23.2 Å². The molecule has 1 heterocycles. The molecule has 0 radical (unpaired) electrons. The van der Waals surface area contributed by atoms with E-state index in [1.165, 1.54) is 50.7 Å². The van der Waals surface area contributed by atoms with Gasteiger partial charge in [0.05, 0.1) is 0 Å². The van der Waals surface area contributed by atoms with Crippen LogP contribution in [0.1, 0.15) is 61.1 Å². The first kappa shape index (κ1) is 17.0. The van der Waals surface area contributed by atoms with E-state index in [1.54, 1.807) is 12.1 Å². The zero-order valence-corrected chi connectivity index (χ0v) is 15.4. The van der Waals surface area contributed by atoms with Crippen molar-refractivity contribution in [3.63, 3.8) is 0 Å². The number of aryl methyl sites for hydroxylation is 1. The molecular weight excluding hydrogens is 343 g/mol. The quantitative estimate of drug-likeness (QED) is 0.775. The largest absolute Gasteiger partial charge is 0.476 e. The number of aromatic carboxylic acids is 1. The normalized spacial score (nSPS) is 31.4. The summed E-state index contributed by atoms with van der Waals surface area (Å²) in [6, 6.07) is 6.12. The van der Waals surface area contributed by atoms with Crippen molar-refractivity contribution >= 4 is 5.97 Å². The Kier molecular flexibility index (Phi) is 3.88. The maximum Gasteiger partial charge on any atom is 0.356 e. The molecule has 27 heavy (non-hydrogen) atoms. The van der Waals surface area contributed by atoms with Crippen LogP contribution in [0.3, 0.4) is 0 Å². The molecule has 2 N–H and O–H groups in total. The molecule has 0 atom stereocenters. The van der Waals surface area contributed by atoms with Gasteiger partial charge in [0.1, 0.15) is 11.6 Å². The highest BCUT2D eigenvalue weighted by Crippen LogP contribution is 2.61. The summed E-state index contributed by atoms with van der Waals surface area (Å²) in [6.45, 7) is 0. The second-order valence-corrected chi connectivity index (χ2v) is 9.15. The number of H-pyrrole nitrogens is 1. The third-order valence-corrected chi connectivity index (χ3v) is 7.15. The standard InChI is InChI=1S/C22H25FN2O2/c23-17-3-1-2-16(9-17)20-24-18(19(25-20)21(26)27)4-5-22-10-13-6-14(11-22)8-15(7-13)12-22/h1-3,9,13-15H,4-8,10-12H2,(H,24,25)(H,26,27). The molecule has 4 aliphatic carbocycles. The average Bonchev–Trinajstić information content (AvgIpc) is 3.04. The number of aromatic amines is 1. The maximum absolute atomic E-state index is 13.5. The predicted octanol–water partition coefficient (Wildman–Crippen LogP) is 5.06. The van der Waals surface area contributed by atoms with Gasteiger partial charge in [-0.3, -0.25) is 0 Å². The monoisotopic (exact) mass is 368 g/mol. The van der Waals surface area contributed by atoms with Crippen LogP contribution in [0.15, 0.2) is 24.3 Å². The van der Waals surface area contributed by atoms with Crippen LogP contribution in [0, 0.1) is 29.0 Å². The number of halogens is 1. The van der Waals surface area contributed by atoms with Crippen LogP contribution in [0.25, 0.3) is 11.4 Å². The topological polar surface area (TPSA) is 66.0 Å². The minimum Gasteiger partial charge on any atom is -0.476 e. The van der Waals surface area contributed by atoms with Gasteiger partial charge in [-0.1, -0.05) is 12.1 Å². The van der Waals surface area contributed by atoms with E-state index in [4.69, 9.17) is 0 Å². The molecule has 0 saturated heterocycles. The molecule has 4 saturated carbocycles. The first-order valence-electron chi connectivity index (χ1n) is 10.1. The summed E-state index contributed by atoms with van der Waals surface area (Å²) in [5.41, 5.74) is 1.74. The van der Waals surface area contributed by atoms with Crippen LogP contribution in [0.4, 0.5) is 4.39 Å². The number of nitrogens with zero attached hydrogens (tertiary/aromatic N) is 1. The smallest absolute Gasteiger partial charge is 0.356 e. The molecule has 0 spiro atoms. The van der Waals surface area contributed by atoms with Gasteiger partial charge in [0.25, 0.3) is 0 Å². The molecular formula is C22H25FN2O2. The van der Waals surface area contributed by atoms with Gasteiger partial charge in [-0.2, -0.15) is 0 Å². The van der Waals surface area contributed by atoms with E-state index in [-0.39, 0.29) is 11.5 Å². The number of hydrogen-bond acceptors (Lipinski definition) is 2. The summed E-state index contributed by atoms with van der Waals surface area (Å²) in [5, 5.41) is 9.58. The second kappa shape index (κ2) is 6.18. The zero-order chi connectivity index (χ0) is 18.6. The molecule has 1 aromatic carbocycles. The van der Waals surface area contributed by atoms with E-state index in [0.717, 1.165) is 24.2 Å². The highest BCUT2D eigenvalue weighted by Gasteiger charge is 2.50. The van der Waals surface area contributed by atoms with Crippen molar-refractivity contribution in [2.45, 2.75) is 51.4 Å². The van der Waals surface area contributed by atoms with E-state index < -0.39 is 5.97 Å². The van der Waals surface area contributed by atoms with Gasteiger partial charge < -0.3 is 10.1 Å². The molecule has 142 valence electrons. The maximum atomic E-state index is 13.5. The average molecular weight is 368 g/mol. The highest BCUT2D eigenvalue weighted by atomic mass is 19.1. The molecule has 4 bridgehead atoms. The van der Waals surface area contributed by atoms with E-state index >= 15 is 0 Å². The van der Waals surface area contributed by atoms with Crippen molar-refractivity contribution in [3.8, 4) is 11.4 Å². The minimum absolute atomic E-state index is 0.0824. The van der Waals surface area contributed by atoms with Crippen molar-refractivity contribution in [1.82, 2.24) is 9.97 Å². The first-order valence-corrected chi connectivity index (χ1v) is 10.1. The number of carboxylic acid groups (broad SMARTS) is 1. The fraction of sp³-hybridized carbons (Fsp3) is 0.545. The molecule has 0 unspecified atom stereocenters. The molecule has 2 aromatic rings. The predicted molar refractivity (Wildman–Crippen MR) is 99.9 cm³/mol. The van der Waals surface area contributed by atoms with Gasteiger partial charge in [-0.05, 0) is 86.7 Å². The summed E-state index contributed by atoms with van der Waals surface area (Å²) in [7, 11) is 0. The molecule has 1 aromatic heterocycles. The van der Waals surface area contributed by atoms with Crippen molar-refractivity contribution in [1.29, 1.82) is 0 Å². The Hall–Kier alpha value is -2.17. The number of nitrogens with one attached hydrogen (secondary N) is 1. The van der Waals surface area contributed by atoms with Gasteiger partial charge in [0.15, 0.2) is 5.69 Å². The Morgan fingerprint density at radius 2 is 1.85 bits per heavy atom. The number of hydrogen-bond donors (Lipinski definition) is 2. The molecule has 0 aliphatic heterocycles. The molecule has 4 nitrogen and oxygen atoms in total. The lowest BCUT2D eigenvalue weighted by Gasteiger charge is -2.57. The highest BCUT2D eigenvalue weighted by molar-refractivity contribution is 5.87. The first-order chi connectivity index (χ1) is 13.0. The lowest BCUT2D eigenvalue weighted by molar-refractivity contribution is -0.0571. The third-order valence-electron chi connectivity index (χ3n) is 7.15. The Labute approximate surface area is 158 Å². The third kappa shape index (κ3) is 3.07. The van der Waals surface area contributed by atoms with Crippen LogP contribution < -0.4 is 0 Å². The second-order valence-electron chi connectivity index (χ2n) is 9.15. The summed E-state index contributed by atoms with van der Waals surface area (Å²) in [6.07, 6.45) is 9.90. The van der Waals surface area contributed by atoms with Gasteiger partial charge in [-0.15, -0.1) is 0 Å². The summed E-state index contributed by atoms with van der Waals surface area (Å²) >= 11 is 0. The van der Waals surface area contributed by atoms with Gasteiger partial charge in [-0.25, -0.2) is 14.2 Å². The molecule has 5 heteroatoms. The van der Waals surface area contributed by atoms with Crippen molar-refractivity contribution in [3.05, 3.63) is 41.5 Å². The van der Waals surface area contributed by atoms with Crippen molar-refractivity contribution in [2.75, 3.05) is 0 Å². The lowest BCUT2D eigenvalue weighted by Crippen LogP contribution is -2.46. The van der Waals surface area contributed by atoms with E-state index in [0.29, 0.717) is 28.9 Å². The van der Waals surface area contributed by atoms with Crippen LogP contribution in [0.5, 0.6) is 0 Å². The van der Waals surface area contributed by atoms with E-state index in [9.17, 15) is 14.3 Å².